The molecule has 0 saturated carbocycles. The lowest BCUT2D eigenvalue weighted by atomic mass is 10.0. The molecule has 0 atom stereocenters. The highest BCUT2D eigenvalue weighted by atomic mass is 15.1. The minimum atomic E-state index is 0.869. The van der Waals surface area contributed by atoms with E-state index in [4.69, 9.17) is 9.97 Å². The summed E-state index contributed by atoms with van der Waals surface area (Å²) in [5.41, 5.74) is 15.1. The second kappa shape index (κ2) is 9.42. The van der Waals surface area contributed by atoms with E-state index < -0.39 is 0 Å². The zero-order chi connectivity index (χ0) is 26.4. The van der Waals surface area contributed by atoms with Crippen LogP contribution in [0.1, 0.15) is 27.9 Å². The minimum absolute atomic E-state index is 0.869. The number of benzene rings is 4. The summed E-state index contributed by atoms with van der Waals surface area (Å²) in [6.07, 6.45) is 0. The summed E-state index contributed by atoms with van der Waals surface area (Å²) < 4.78 is 2.26. The van der Waals surface area contributed by atoms with Crippen LogP contribution in [0.2, 0.25) is 0 Å². The molecule has 186 valence electrons. The van der Waals surface area contributed by atoms with Crippen LogP contribution in [-0.2, 0) is 0 Å². The van der Waals surface area contributed by atoms with Crippen molar-refractivity contribution in [3.05, 3.63) is 125 Å². The highest BCUT2D eigenvalue weighted by Crippen LogP contribution is 2.39. The Morgan fingerprint density at radius 2 is 0.842 bits per heavy atom. The standard InChI is InChI=1S/C35H31N3/c1-22-6-14-27(15-7-22)31-26(5)38(30-20-12-25(4)13-21-30)35-34(31)36-32(28-16-8-23(2)9-17-28)33(37-35)29-18-10-24(3)11-19-29/h6-21H,1-5H3. The van der Waals surface area contributed by atoms with Gasteiger partial charge in [0, 0.05) is 28.1 Å². The van der Waals surface area contributed by atoms with Crippen molar-refractivity contribution in [3.63, 3.8) is 0 Å². The highest BCUT2D eigenvalue weighted by Gasteiger charge is 2.23. The van der Waals surface area contributed by atoms with Crippen molar-refractivity contribution < 1.29 is 0 Å². The molecule has 2 aromatic heterocycles. The van der Waals surface area contributed by atoms with Gasteiger partial charge in [-0.3, -0.25) is 4.57 Å². The number of hydrogen-bond acceptors (Lipinski definition) is 2. The van der Waals surface area contributed by atoms with Crippen LogP contribution >= 0.6 is 0 Å². The molecule has 0 radical (unpaired) electrons. The SMILES string of the molecule is Cc1ccc(-c2nc3c(-c4ccc(C)cc4)c(C)n(-c4ccc(C)cc4)c3nc2-c2ccc(C)cc2)cc1. The largest absolute Gasteiger partial charge is 0.297 e. The predicted molar refractivity (Wildman–Crippen MR) is 159 cm³/mol. The van der Waals surface area contributed by atoms with Crippen LogP contribution in [0.5, 0.6) is 0 Å². The van der Waals surface area contributed by atoms with Gasteiger partial charge in [0.25, 0.3) is 0 Å². The van der Waals surface area contributed by atoms with Crippen molar-refractivity contribution in [1.29, 1.82) is 0 Å². The molecular weight excluding hydrogens is 462 g/mol. The molecule has 0 bridgehead atoms. The molecule has 6 aromatic rings. The molecule has 0 unspecified atom stereocenters. The molecule has 0 aliphatic heterocycles. The molecule has 3 heteroatoms. The van der Waals surface area contributed by atoms with Gasteiger partial charge >= 0.3 is 0 Å². The molecule has 6 rings (SSSR count). The van der Waals surface area contributed by atoms with Gasteiger partial charge in [0.05, 0.1) is 11.4 Å². The van der Waals surface area contributed by atoms with Gasteiger partial charge in [0.1, 0.15) is 5.52 Å². The zero-order valence-corrected chi connectivity index (χ0v) is 22.6. The number of hydrogen-bond donors (Lipinski definition) is 0. The van der Waals surface area contributed by atoms with E-state index in [-0.39, 0.29) is 0 Å². The Kier molecular flexibility index (Phi) is 5.92. The summed E-state index contributed by atoms with van der Waals surface area (Å²) in [4.78, 5) is 10.8. The lowest BCUT2D eigenvalue weighted by Crippen LogP contribution is -2.01. The molecule has 0 N–H and O–H groups in total. The molecule has 0 fully saturated rings. The number of nitrogens with zero attached hydrogens (tertiary/aromatic N) is 3. The Hall–Kier alpha value is -4.50. The first-order valence-electron chi connectivity index (χ1n) is 13.1. The van der Waals surface area contributed by atoms with E-state index in [1.54, 1.807) is 0 Å². The summed E-state index contributed by atoms with van der Waals surface area (Å²) in [7, 11) is 0. The van der Waals surface area contributed by atoms with E-state index in [1.165, 1.54) is 22.3 Å². The fourth-order valence-electron chi connectivity index (χ4n) is 5.09. The van der Waals surface area contributed by atoms with Gasteiger partial charge in [-0.25, -0.2) is 9.97 Å². The van der Waals surface area contributed by atoms with Crippen LogP contribution in [-0.4, -0.2) is 14.5 Å². The smallest absolute Gasteiger partial charge is 0.164 e. The Labute approximate surface area is 224 Å². The van der Waals surface area contributed by atoms with Gasteiger partial charge in [0.15, 0.2) is 5.65 Å². The number of aromatic nitrogens is 3. The molecule has 0 aliphatic rings. The van der Waals surface area contributed by atoms with Gasteiger partial charge in [-0.05, 0) is 52.3 Å². The quantitative estimate of drug-likeness (QED) is 0.245. The first-order valence-corrected chi connectivity index (χ1v) is 13.1. The molecule has 38 heavy (non-hydrogen) atoms. The van der Waals surface area contributed by atoms with Crippen molar-refractivity contribution in [1.82, 2.24) is 14.5 Å². The third-order valence-corrected chi connectivity index (χ3v) is 7.31. The second-order valence-electron chi connectivity index (χ2n) is 10.3. The number of fused-ring (bicyclic) bond motifs is 1. The molecule has 4 aromatic carbocycles. The average molecular weight is 494 g/mol. The first-order chi connectivity index (χ1) is 18.4. The maximum atomic E-state index is 5.41. The first kappa shape index (κ1) is 23.9. The number of rotatable bonds is 4. The third-order valence-electron chi connectivity index (χ3n) is 7.31. The summed E-state index contributed by atoms with van der Waals surface area (Å²) >= 11 is 0. The van der Waals surface area contributed by atoms with E-state index in [2.05, 4.69) is 136 Å². The Morgan fingerprint density at radius 1 is 0.447 bits per heavy atom. The molecule has 0 spiro atoms. The van der Waals surface area contributed by atoms with Crippen LogP contribution < -0.4 is 0 Å². The fraction of sp³-hybridized carbons (Fsp3) is 0.143. The Balaban J connectivity index is 1.73. The molecule has 0 amide bonds. The van der Waals surface area contributed by atoms with E-state index >= 15 is 0 Å². The van der Waals surface area contributed by atoms with Crippen molar-refractivity contribution in [2.75, 3.05) is 0 Å². The van der Waals surface area contributed by atoms with Crippen LogP contribution in [0.25, 0.3) is 50.5 Å². The predicted octanol–water partition coefficient (Wildman–Crippen LogP) is 8.96. The number of aryl methyl sites for hydroxylation is 4. The summed E-state index contributed by atoms with van der Waals surface area (Å²) in [5, 5.41) is 0. The lowest BCUT2D eigenvalue weighted by Gasteiger charge is -2.12. The molecular formula is C35H31N3. The van der Waals surface area contributed by atoms with Crippen LogP contribution in [0, 0.1) is 34.6 Å². The van der Waals surface area contributed by atoms with Gasteiger partial charge in [-0.15, -0.1) is 0 Å². The van der Waals surface area contributed by atoms with Gasteiger partial charge in [-0.1, -0.05) is 107 Å². The minimum Gasteiger partial charge on any atom is -0.297 e. The van der Waals surface area contributed by atoms with Gasteiger partial charge in [0.2, 0.25) is 0 Å². The molecule has 0 aliphatic carbocycles. The van der Waals surface area contributed by atoms with E-state index in [1.807, 2.05) is 0 Å². The molecule has 0 saturated heterocycles. The van der Waals surface area contributed by atoms with Crippen molar-refractivity contribution >= 4 is 11.2 Å². The Bertz CT molecular complexity index is 1620. The van der Waals surface area contributed by atoms with Crippen LogP contribution in [0.4, 0.5) is 0 Å². The maximum absolute atomic E-state index is 5.41. The van der Waals surface area contributed by atoms with E-state index in [9.17, 15) is 0 Å². The normalized spacial score (nSPS) is 11.3. The second-order valence-corrected chi connectivity index (χ2v) is 10.3. The maximum Gasteiger partial charge on any atom is 0.164 e. The van der Waals surface area contributed by atoms with E-state index in [0.717, 1.165) is 56.2 Å². The monoisotopic (exact) mass is 493 g/mol. The topological polar surface area (TPSA) is 30.7 Å². The highest BCUT2D eigenvalue weighted by molar-refractivity contribution is 5.97. The van der Waals surface area contributed by atoms with Crippen molar-refractivity contribution in [2.24, 2.45) is 0 Å². The van der Waals surface area contributed by atoms with Gasteiger partial charge in [-0.2, -0.15) is 0 Å². The molecule has 3 nitrogen and oxygen atoms in total. The summed E-state index contributed by atoms with van der Waals surface area (Å²) in [5.74, 6) is 0. The van der Waals surface area contributed by atoms with Crippen molar-refractivity contribution in [2.45, 2.75) is 34.6 Å². The van der Waals surface area contributed by atoms with Crippen LogP contribution in [0.15, 0.2) is 97.1 Å². The fourth-order valence-corrected chi connectivity index (χ4v) is 5.09. The van der Waals surface area contributed by atoms with Gasteiger partial charge < -0.3 is 0 Å². The molecule has 2 heterocycles. The lowest BCUT2D eigenvalue weighted by molar-refractivity contribution is 1.03. The van der Waals surface area contributed by atoms with Crippen molar-refractivity contribution in [3.8, 4) is 39.3 Å². The Morgan fingerprint density at radius 3 is 1.32 bits per heavy atom. The third kappa shape index (κ3) is 4.20. The van der Waals surface area contributed by atoms with E-state index in [0.29, 0.717) is 0 Å². The summed E-state index contributed by atoms with van der Waals surface area (Å²) in [6.45, 7) is 10.6. The summed E-state index contributed by atoms with van der Waals surface area (Å²) in [6, 6.07) is 34.5. The van der Waals surface area contributed by atoms with Crippen LogP contribution in [0.3, 0.4) is 0 Å². The zero-order valence-electron chi connectivity index (χ0n) is 22.6. The average Bonchev–Trinajstić information content (AvgIpc) is 3.20.